The van der Waals surface area contributed by atoms with Crippen LogP contribution < -0.4 is 10.1 Å². The Balaban J connectivity index is 1.34. The molecule has 1 aromatic heterocycles. The lowest BCUT2D eigenvalue weighted by atomic mass is 9.98. The number of imidazole rings is 1. The van der Waals surface area contributed by atoms with Crippen molar-refractivity contribution in [2.75, 3.05) is 27.2 Å². The Morgan fingerprint density at radius 1 is 1.20 bits per heavy atom. The zero-order valence-electron chi connectivity index (χ0n) is 17.7. The van der Waals surface area contributed by atoms with Crippen LogP contribution in [0.25, 0.3) is 0 Å². The largest absolute Gasteiger partial charge is 0.497 e. The van der Waals surface area contributed by atoms with Crippen LogP contribution in [0.3, 0.4) is 0 Å². The van der Waals surface area contributed by atoms with Crippen molar-refractivity contribution in [3.05, 3.63) is 83.9 Å². The fraction of sp³-hybridized carbons (Fsp3) is 0.333. The summed E-state index contributed by atoms with van der Waals surface area (Å²) in [4.78, 5) is 11.0. The first-order valence-electron chi connectivity index (χ1n) is 10.4. The molecule has 0 radical (unpaired) electrons. The Kier molecular flexibility index (Phi) is 6.32. The number of likely N-dealkylation sites (tertiary alicyclic amines) is 1. The standard InChI is InChI=1S/C24H29N5O/c1-25-24(29-12-10-22(17-29)21-6-8-23(30-2)9-7-21)27-15-19-4-3-5-20(14-19)16-28-13-11-26-18-28/h3-9,11,13-14,18,22H,10,12,15-17H2,1-2H3,(H,25,27). The number of methoxy groups -OCH3 is 1. The summed E-state index contributed by atoms with van der Waals surface area (Å²) in [5.74, 6) is 2.39. The summed E-state index contributed by atoms with van der Waals surface area (Å²) in [5.41, 5.74) is 3.88. The minimum Gasteiger partial charge on any atom is -0.497 e. The predicted molar refractivity (Wildman–Crippen MR) is 120 cm³/mol. The molecule has 0 spiro atoms. The lowest BCUT2D eigenvalue weighted by Gasteiger charge is -2.22. The minimum absolute atomic E-state index is 0.521. The van der Waals surface area contributed by atoms with E-state index >= 15 is 0 Å². The Labute approximate surface area is 178 Å². The first kappa shape index (κ1) is 20.0. The normalized spacial score (nSPS) is 16.7. The van der Waals surface area contributed by atoms with E-state index in [4.69, 9.17) is 4.74 Å². The monoisotopic (exact) mass is 403 g/mol. The van der Waals surface area contributed by atoms with Crippen molar-refractivity contribution in [3.63, 3.8) is 0 Å². The summed E-state index contributed by atoms with van der Waals surface area (Å²) in [7, 11) is 3.56. The van der Waals surface area contributed by atoms with Crippen LogP contribution in [-0.2, 0) is 13.1 Å². The molecular formula is C24H29N5O. The third-order valence-corrected chi connectivity index (χ3v) is 5.65. The van der Waals surface area contributed by atoms with Gasteiger partial charge in [-0.05, 0) is 35.2 Å². The van der Waals surface area contributed by atoms with Crippen LogP contribution in [-0.4, -0.2) is 47.7 Å². The molecule has 1 aliphatic rings. The molecule has 1 atom stereocenters. The maximum absolute atomic E-state index is 5.28. The van der Waals surface area contributed by atoms with E-state index in [1.165, 1.54) is 16.7 Å². The van der Waals surface area contributed by atoms with Gasteiger partial charge in [-0.3, -0.25) is 4.99 Å². The van der Waals surface area contributed by atoms with E-state index in [0.717, 1.165) is 44.3 Å². The highest BCUT2D eigenvalue weighted by atomic mass is 16.5. The maximum atomic E-state index is 5.28. The SMILES string of the molecule is CN=C(NCc1cccc(Cn2ccnc2)c1)N1CCC(c2ccc(OC)cc2)C1. The summed E-state index contributed by atoms with van der Waals surface area (Å²) in [6.45, 7) is 3.58. The average molecular weight is 404 g/mol. The number of aromatic nitrogens is 2. The third kappa shape index (κ3) is 4.82. The Bertz CT molecular complexity index is 966. The third-order valence-electron chi connectivity index (χ3n) is 5.65. The van der Waals surface area contributed by atoms with E-state index < -0.39 is 0 Å². The van der Waals surface area contributed by atoms with Gasteiger partial charge in [-0.2, -0.15) is 0 Å². The van der Waals surface area contributed by atoms with Gasteiger partial charge >= 0.3 is 0 Å². The molecule has 0 amide bonds. The Morgan fingerprint density at radius 3 is 2.77 bits per heavy atom. The quantitative estimate of drug-likeness (QED) is 0.506. The van der Waals surface area contributed by atoms with Gasteiger partial charge in [-0.25, -0.2) is 4.98 Å². The maximum Gasteiger partial charge on any atom is 0.193 e. The van der Waals surface area contributed by atoms with Gasteiger partial charge in [0, 0.05) is 51.5 Å². The number of benzene rings is 2. The Hall–Kier alpha value is -3.28. The van der Waals surface area contributed by atoms with E-state index in [1.54, 1.807) is 7.11 Å². The molecule has 3 aromatic rings. The van der Waals surface area contributed by atoms with Gasteiger partial charge in [0.15, 0.2) is 5.96 Å². The molecule has 1 N–H and O–H groups in total. The summed E-state index contributed by atoms with van der Waals surface area (Å²) < 4.78 is 7.35. The fourth-order valence-electron chi connectivity index (χ4n) is 4.04. The van der Waals surface area contributed by atoms with E-state index in [0.29, 0.717) is 5.92 Å². The van der Waals surface area contributed by atoms with Gasteiger partial charge in [0.2, 0.25) is 0 Å². The number of nitrogens with zero attached hydrogens (tertiary/aromatic N) is 4. The molecule has 1 unspecified atom stereocenters. The average Bonchev–Trinajstić information content (AvgIpc) is 3.47. The van der Waals surface area contributed by atoms with Crippen LogP contribution in [0.1, 0.15) is 29.0 Å². The van der Waals surface area contributed by atoms with Crippen LogP contribution in [0, 0.1) is 0 Å². The van der Waals surface area contributed by atoms with Crippen molar-refractivity contribution in [1.29, 1.82) is 0 Å². The number of ether oxygens (including phenoxy) is 1. The first-order chi connectivity index (χ1) is 14.7. The predicted octanol–water partition coefficient (Wildman–Crippen LogP) is 3.50. The molecule has 0 bridgehead atoms. The minimum atomic E-state index is 0.521. The summed E-state index contributed by atoms with van der Waals surface area (Å²) >= 11 is 0. The molecule has 30 heavy (non-hydrogen) atoms. The van der Waals surface area contributed by atoms with Crippen LogP contribution in [0.5, 0.6) is 5.75 Å². The van der Waals surface area contributed by atoms with E-state index in [9.17, 15) is 0 Å². The number of hydrogen-bond donors (Lipinski definition) is 1. The number of rotatable bonds is 6. The second-order valence-corrected chi connectivity index (χ2v) is 7.66. The van der Waals surface area contributed by atoms with Gasteiger partial charge in [-0.15, -0.1) is 0 Å². The van der Waals surface area contributed by atoms with Crippen LogP contribution in [0.15, 0.2) is 72.2 Å². The molecule has 1 fully saturated rings. The lowest BCUT2D eigenvalue weighted by molar-refractivity contribution is 0.414. The first-order valence-corrected chi connectivity index (χ1v) is 10.4. The molecule has 6 heteroatoms. The molecule has 1 saturated heterocycles. The summed E-state index contributed by atoms with van der Waals surface area (Å²) in [5, 5.41) is 3.54. The van der Waals surface area contributed by atoms with Crippen LogP contribution >= 0.6 is 0 Å². The fourth-order valence-corrected chi connectivity index (χ4v) is 4.04. The second kappa shape index (κ2) is 9.48. The molecule has 156 valence electrons. The van der Waals surface area contributed by atoms with E-state index in [1.807, 2.05) is 37.9 Å². The molecule has 0 saturated carbocycles. The van der Waals surface area contributed by atoms with Crippen molar-refractivity contribution in [2.24, 2.45) is 4.99 Å². The lowest BCUT2D eigenvalue weighted by Crippen LogP contribution is -2.39. The topological polar surface area (TPSA) is 54.7 Å². The van der Waals surface area contributed by atoms with Gasteiger partial charge in [0.1, 0.15) is 5.75 Å². The number of aliphatic imine (C=N–C) groups is 1. The highest BCUT2D eigenvalue weighted by Crippen LogP contribution is 2.28. The molecular weight excluding hydrogens is 374 g/mol. The summed E-state index contributed by atoms with van der Waals surface area (Å²) in [6.07, 6.45) is 6.77. The Morgan fingerprint density at radius 2 is 2.03 bits per heavy atom. The zero-order chi connectivity index (χ0) is 20.8. The van der Waals surface area contributed by atoms with Crippen molar-refractivity contribution < 1.29 is 4.74 Å². The zero-order valence-corrected chi connectivity index (χ0v) is 17.7. The number of nitrogens with one attached hydrogen (secondary N) is 1. The molecule has 4 rings (SSSR count). The highest BCUT2D eigenvalue weighted by Gasteiger charge is 2.26. The molecule has 1 aliphatic heterocycles. The van der Waals surface area contributed by atoms with Crippen molar-refractivity contribution in [2.45, 2.75) is 25.4 Å². The van der Waals surface area contributed by atoms with Gasteiger partial charge < -0.3 is 19.5 Å². The van der Waals surface area contributed by atoms with E-state index in [-0.39, 0.29) is 0 Å². The summed E-state index contributed by atoms with van der Waals surface area (Å²) in [6, 6.07) is 17.1. The van der Waals surface area contributed by atoms with Gasteiger partial charge in [-0.1, -0.05) is 36.4 Å². The van der Waals surface area contributed by atoms with Gasteiger partial charge in [0.25, 0.3) is 0 Å². The van der Waals surface area contributed by atoms with Crippen LogP contribution in [0.4, 0.5) is 0 Å². The van der Waals surface area contributed by atoms with Crippen molar-refractivity contribution >= 4 is 5.96 Å². The van der Waals surface area contributed by atoms with Crippen LogP contribution in [0.2, 0.25) is 0 Å². The van der Waals surface area contributed by atoms with Crippen molar-refractivity contribution in [3.8, 4) is 5.75 Å². The van der Waals surface area contributed by atoms with Gasteiger partial charge in [0.05, 0.1) is 13.4 Å². The second-order valence-electron chi connectivity index (χ2n) is 7.66. The van der Waals surface area contributed by atoms with E-state index in [2.05, 4.69) is 61.2 Å². The molecule has 2 heterocycles. The molecule has 6 nitrogen and oxygen atoms in total. The smallest absolute Gasteiger partial charge is 0.193 e. The number of hydrogen-bond acceptors (Lipinski definition) is 3. The molecule has 2 aromatic carbocycles. The van der Waals surface area contributed by atoms with Crippen molar-refractivity contribution in [1.82, 2.24) is 19.8 Å². The number of guanidine groups is 1. The molecule has 0 aliphatic carbocycles. The highest BCUT2D eigenvalue weighted by molar-refractivity contribution is 5.80.